The fourth-order valence-corrected chi connectivity index (χ4v) is 4.02. The molecule has 3 atom stereocenters. The van der Waals surface area contributed by atoms with Crippen molar-refractivity contribution in [3.05, 3.63) is 42.2 Å². The fourth-order valence-electron chi connectivity index (χ4n) is 3.55. The Morgan fingerprint density at radius 3 is 2.51 bits per heavy atom. The van der Waals surface area contributed by atoms with Crippen LogP contribution in [-0.2, 0) is 27.5 Å². The molecule has 2 aromatic rings. The molecule has 0 aliphatic carbocycles. The number of aromatic nitrogens is 4. The van der Waals surface area contributed by atoms with Crippen molar-refractivity contribution in [2.45, 2.75) is 51.9 Å². The molecule has 11 nitrogen and oxygen atoms in total. The van der Waals surface area contributed by atoms with E-state index < -0.39 is 12.0 Å². The van der Waals surface area contributed by atoms with Gasteiger partial charge in [0.05, 0.1) is 6.54 Å². The first-order chi connectivity index (χ1) is 16.8. The van der Waals surface area contributed by atoms with Crippen molar-refractivity contribution in [2.24, 2.45) is 5.92 Å². The zero-order chi connectivity index (χ0) is 25.6. The van der Waals surface area contributed by atoms with E-state index in [1.807, 2.05) is 55.3 Å². The summed E-state index contributed by atoms with van der Waals surface area (Å²) in [5, 5.41) is 26.0. The SMILES string of the molecule is CCC(C)C(CN(CC(=O)NC(CCSC)C(=O)O)Cc1ccccc1)NC(=O)Cn1cnnn1. The van der Waals surface area contributed by atoms with E-state index in [4.69, 9.17) is 0 Å². The van der Waals surface area contributed by atoms with Gasteiger partial charge in [-0.05, 0) is 40.3 Å². The molecule has 3 N–H and O–H groups in total. The van der Waals surface area contributed by atoms with Crippen LogP contribution < -0.4 is 10.6 Å². The van der Waals surface area contributed by atoms with Crippen molar-refractivity contribution < 1.29 is 19.5 Å². The van der Waals surface area contributed by atoms with Crippen molar-refractivity contribution in [1.82, 2.24) is 35.7 Å². The number of rotatable bonds is 16. The highest BCUT2D eigenvalue weighted by Crippen LogP contribution is 2.13. The summed E-state index contributed by atoms with van der Waals surface area (Å²) in [5.74, 6) is -0.863. The molecule has 0 radical (unpaired) electrons. The molecule has 0 saturated carbocycles. The first-order valence-electron chi connectivity index (χ1n) is 11.6. The number of nitrogens with one attached hydrogen (secondary N) is 2. The van der Waals surface area contributed by atoms with Gasteiger partial charge in [-0.3, -0.25) is 14.5 Å². The standard InChI is InChI=1S/C23H35N7O4S/c1-4-17(2)20(26-22(32)15-30-16-24-27-28-30)13-29(12-18-8-6-5-7-9-18)14-21(31)25-19(23(33)34)10-11-35-3/h5-9,16-17,19-20H,4,10-15H2,1-3H3,(H,25,31)(H,26,32)(H,33,34). The van der Waals surface area contributed by atoms with Crippen molar-refractivity contribution in [3.8, 4) is 0 Å². The molecule has 0 aliphatic heterocycles. The maximum Gasteiger partial charge on any atom is 0.326 e. The molecule has 1 aromatic heterocycles. The van der Waals surface area contributed by atoms with Gasteiger partial charge in [-0.15, -0.1) is 5.10 Å². The van der Waals surface area contributed by atoms with E-state index in [0.717, 1.165) is 12.0 Å². The Morgan fingerprint density at radius 2 is 1.91 bits per heavy atom. The lowest BCUT2D eigenvalue weighted by atomic mass is 9.98. The number of carboxylic acid groups (broad SMARTS) is 1. The summed E-state index contributed by atoms with van der Waals surface area (Å²) in [6, 6.07) is 8.55. The monoisotopic (exact) mass is 505 g/mol. The molecule has 2 amide bonds. The minimum atomic E-state index is -1.05. The lowest BCUT2D eigenvalue weighted by Gasteiger charge is -2.31. The number of nitrogens with zero attached hydrogens (tertiary/aromatic N) is 5. The van der Waals surface area contributed by atoms with Gasteiger partial charge >= 0.3 is 5.97 Å². The predicted molar refractivity (Wildman–Crippen MR) is 133 cm³/mol. The number of amides is 2. The maximum absolute atomic E-state index is 12.8. The molecule has 2 rings (SSSR count). The molecule has 12 heteroatoms. The van der Waals surface area contributed by atoms with Gasteiger partial charge in [0.25, 0.3) is 0 Å². The van der Waals surface area contributed by atoms with Crippen molar-refractivity contribution in [2.75, 3.05) is 25.1 Å². The maximum atomic E-state index is 12.8. The first kappa shape index (κ1) is 28.2. The van der Waals surface area contributed by atoms with Gasteiger partial charge in [-0.2, -0.15) is 11.8 Å². The fraction of sp³-hybridized carbons (Fsp3) is 0.565. The number of carboxylic acids is 1. The van der Waals surface area contributed by atoms with E-state index in [9.17, 15) is 19.5 Å². The van der Waals surface area contributed by atoms with E-state index >= 15 is 0 Å². The third kappa shape index (κ3) is 10.4. The Kier molecular flexibility index (Phi) is 12.2. The number of carbonyl (C=O) groups excluding carboxylic acids is 2. The Labute approximate surface area is 210 Å². The van der Waals surface area contributed by atoms with Gasteiger partial charge in [-0.1, -0.05) is 50.6 Å². The van der Waals surface area contributed by atoms with Crippen LogP contribution in [0.2, 0.25) is 0 Å². The van der Waals surface area contributed by atoms with Gasteiger partial charge in [0.2, 0.25) is 11.8 Å². The Balaban J connectivity index is 2.12. The molecule has 1 aromatic carbocycles. The summed E-state index contributed by atoms with van der Waals surface area (Å²) in [5.41, 5.74) is 1.01. The summed E-state index contributed by atoms with van der Waals surface area (Å²) >= 11 is 1.53. The third-order valence-electron chi connectivity index (χ3n) is 5.69. The van der Waals surface area contributed by atoms with Gasteiger partial charge in [-0.25, -0.2) is 9.48 Å². The quantitative estimate of drug-likeness (QED) is 0.305. The predicted octanol–water partition coefficient (Wildman–Crippen LogP) is 1.03. The lowest BCUT2D eigenvalue weighted by molar-refractivity contribution is -0.142. The Bertz CT molecular complexity index is 914. The van der Waals surface area contributed by atoms with Crippen molar-refractivity contribution in [3.63, 3.8) is 0 Å². The van der Waals surface area contributed by atoms with Crippen LogP contribution >= 0.6 is 11.8 Å². The van der Waals surface area contributed by atoms with Gasteiger partial charge < -0.3 is 15.7 Å². The Hall–Kier alpha value is -2.99. The summed E-state index contributed by atoms with van der Waals surface area (Å²) in [7, 11) is 0. The normalized spacial score (nSPS) is 13.7. The molecule has 35 heavy (non-hydrogen) atoms. The summed E-state index contributed by atoms with van der Waals surface area (Å²) in [6.45, 7) is 4.99. The van der Waals surface area contributed by atoms with Crippen LogP contribution in [0.3, 0.4) is 0 Å². The number of thioether (sulfide) groups is 1. The van der Waals surface area contributed by atoms with Gasteiger partial charge in [0.1, 0.15) is 18.9 Å². The molecule has 0 fully saturated rings. The zero-order valence-corrected chi connectivity index (χ0v) is 21.3. The molecule has 0 spiro atoms. The third-order valence-corrected chi connectivity index (χ3v) is 6.33. The molecule has 0 saturated heterocycles. The lowest BCUT2D eigenvalue weighted by Crippen LogP contribution is -2.51. The number of benzene rings is 1. The highest BCUT2D eigenvalue weighted by atomic mass is 32.2. The topological polar surface area (TPSA) is 142 Å². The molecular weight excluding hydrogens is 470 g/mol. The summed E-state index contributed by atoms with van der Waals surface area (Å²) in [6.07, 6.45) is 4.45. The number of hydrogen-bond donors (Lipinski definition) is 3. The number of tetrazole rings is 1. The van der Waals surface area contributed by atoms with Crippen LogP contribution in [-0.4, -0.2) is 85.2 Å². The highest BCUT2D eigenvalue weighted by Gasteiger charge is 2.25. The molecular formula is C23H35N7O4S. The summed E-state index contributed by atoms with van der Waals surface area (Å²) < 4.78 is 1.35. The smallest absolute Gasteiger partial charge is 0.326 e. The number of aliphatic carboxylic acids is 1. The molecule has 3 unspecified atom stereocenters. The van der Waals surface area contributed by atoms with Crippen LogP contribution in [0.4, 0.5) is 0 Å². The average molecular weight is 506 g/mol. The molecule has 1 heterocycles. The number of hydrogen-bond acceptors (Lipinski definition) is 8. The van der Waals surface area contributed by atoms with Crippen LogP contribution in [0, 0.1) is 5.92 Å². The van der Waals surface area contributed by atoms with E-state index in [2.05, 4.69) is 26.2 Å². The van der Waals surface area contributed by atoms with Crippen LogP contribution in [0.1, 0.15) is 32.3 Å². The molecule has 192 valence electrons. The van der Waals surface area contributed by atoms with Crippen LogP contribution in [0.15, 0.2) is 36.7 Å². The largest absolute Gasteiger partial charge is 0.480 e. The second-order valence-corrected chi connectivity index (χ2v) is 9.45. The second-order valence-electron chi connectivity index (χ2n) is 8.46. The van der Waals surface area contributed by atoms with Crippen molar-refractivity contribution in [1.29, 1.82) is 0 Å². The average Bonchev–Trinajstić information content (AvgIpc) is 3.34. The van der Waals surface area contributed by atoms with Crippen LogP contribution in [0.25, 0.3) is 0 Å². The minimum absolute atomic E-state index is 0.00512. The van der Waals surface area contributed by atoms with E-state index in [1.54, 1.807) is 0 Å². The van der Waals surface area contributed by atoms with E-state index in [-0.39, 0.29) is 36.9 Å². The minimum Gasteiger partial charge on any atom is -0.480 e. The second kappa shape index (κ2) is 15.1. The number of carbonyl (C=O) groups is 3. The highest BCUT2D eigenvalue weighted by molar-refractivity contribution is 7.98. The zero-order valence-electron chi connectivity index (χ0n) is 20.5. The van der Waals surface area contributed by atoms with E-state index in [1.165, 1.54) is 22.8 Å². The van der Waals surface area contributed by atoms with Gasteiger partial charge in [0, 0.05) is 19.1 Å². The van der Waals surface area contributed by atoms with Crippen molar-refractivity contribution >= 4 is 29.5 Å². The van der Waals surface area contributed by atoms with E-state index in [0.29, 0.717) is 25.3 Å². The summed E-state index contributed by atoms with van der Waals surface area (Å²) in [4.78, 5) is 39.0. The van der Waals surface area contributed by atoms with Crippen LogP contribution in [0.5, 0.6) is 0 Å². The Morgan fingerprint density at radius 1 is 1.17 bits per heavy atom. The van der Waals surface area contributed by atoms with Gasteiger partial charge in [0.15, 0.2) is 0 Å². The first-order valence-corrected chi connectivity index (χ1v) is 13.0. The molecule has 0 aliphatic rings. The molecule has 0 bridgehead atoms.